The highest BCUT2D eigenvalue weighted by Gasteiger charge is 2.20. The Labute approximate surface area is 135 Å². The lowest BCUT2D eigenvalue weighted by Gasteiger charge is -2.31. The maximum absolute atomic E-state index is 5.75. The Morgan fingerprint density at radius 3 is 2.70 bits per heavy atom. The number of piperidine rings is 1. The minimum Gasteiger partial charge on any atom is -0.424 e. The largest absolute Gasteiger partial charge is 0.424 e. The van der Waals surface area contributed by atoms with Gasteiger partial charge in [-0.1, -0.05) is 18.2 Å². The topological polar surface area (TPSA) is 54.2 Å². The molecule has 5 heteroatoms. The fourth-order valence-electron chi connectivity index (χ4n) is 3.06. The Balaban J connectivity index is 1.32. The van der Waals surface area contributed by atoms with Gasteiger partial charge < -0.3 is 9.73 Å². The molecule has 0 bridgehead atoms. The summed E-state index contributed by atoms with van der Waals surface area (Å²) in [5.74, 6) is 0. The third kappa shape index (κ3) is 3.35. The molecule has 0 saturated carbocycles. The molecule has 1 aliphatic rings. The number of pyridine rings is 1. The van der Waals surface area contributed by atoms with Gasteiger partial charge >= 0.3 is 0 Å². The zero-order valence-corrected chi connectivity index (χ0v) is 13.0. The van der Waals surface area contributed by atoms with Gasteiger partial charge in [0.2, 0.25) is 0 Å². The summed E-state index contributed by atoms with van der Waals surface area (Å²) < 4.78 is 5.75. The third-order valence-corrected chi connectivity index (χ3v) is 4.32. The molecule has 0 aliphatic carbocycles. The molecule has 0 atom stereocenters. The number of oxazole rings is 1. The number of para-hydroxylation sites is 2. The van der Waals surface area contributed by atoms with Gasteiger partial charge in [-0.15, -0.1) is 0 Å². The van der Waals surface area contributed by atoms with Crippen LogP contribution in [0.3, 0.4) is 0 Å². The van der Waals surface area contributed by atoms with E-state index in [1.54, 1.807) is 0 Å². The molecule has 1 saturated heterocycles. The van der Waals surface area contributed by atoms with E-state index in [-0.39, 0.29) is 0 Å². The van der Waals surface area contributed by atoms with Crippen molar-refractivity contribution in [1.82, 2.24) is 14.9 Å². The highest BCUT2D eigenvalue weighted by Crippen LogP contribution is 2.21. The third-order valence-electron chi connectivity index (χ3n) is 4.32. The average Bonchev–Trinajstić information content (AvgIpc) is 3.00. The summed E-state index contributed by atoms with van der Waals surface area (Å²) in [5, 5.41) is 3.43. The van der Waals surface area contributed by atoms with Gasteiger partial charge in [-0.2, -0.15) is 4.98 Å². The van der Waals surface area contributed by atoms with Crippen molar-refractivity contribution >= 4 is 17.1 Å². The number of fused-ring (bicyclic) bond motifs is 1. The van der Waals surface area contributed by atoms with Crippen molar-refractivity contribution in [3.05, 3.63) is 54.4 Å². The summed E-state index contributed by atoms with van der Waals surface area (Å²) in [6.07, 6.45) is 4.04. The van der Waals surface area contributed by atoms with Gasteiger partial charge in [-0.05, 0) is 37.1 Å². The van der Waals surface area contributed by atoms with Crippen molar-refractivity contribution in [1.29, 1.82) is 0 Å². The van der Waals surface area contributed by atoms with Gasteiger partial charge in [0.05, 0.1) is 5.69 Å². The van der Waals surface area contributed by atoms with Crippen LogP contribution in [0.4, 0.5) is 6.01 Å². The quantitative estimate of drug-likeness (QED) is 0.801. The van der Waals surface area contributed by atoms with Crippen LogP contribution in [-0.2, 0) is 6.54 Å². The first-order chi connectivity index (χ1) is 11.4. The van der Waals surface area contributed by atoms with Crippen LogP contribution in [-0.4, -0.2) is 34.0 Å². The Morgan fingerprint density at radius 1 is 1.09 bits per heavy atom. The average molecular weight is 308 g/mol. The highest BCUT2D eigenvalue weighted by molar-refractivity contribution is 5.74. The van der Waals surface area contributed by atoms with Crippen LogP contribution in [0, 0.1) is 0 Å². The Morgan fingerprint density at radius 2 is 1.91 bits per heavy atom. The fraction of sp³-hybridized carbons (Fsp3) is 0.333. The number of aromatic nitrogens is 2. The lowest BCUT2D eigenvalue weighted by Crippen LogP contribution is -2.38. The first-order valence-corrected chi connectivity index (χ1v) is 8.11. The van der Waals surface area contributed by atoms with Crippen molar-refractivity contribution in [2.24, 2.45) is 0 Å². The van der Waals surface area contributed by atoms with E-state index in [2.05, 4.69) is 26.3 Å². The van der Waals surface area contributed by atoms with Crippen LogP contribution in [0.25, 0.3) is 11.1 Å². The molecule has 23 heavy (non-hydrogen) atoms. The minimum atomic E-state index is 0.419. The van der Waals surface area contributed by atoms with Crippen LogP contribution in [0.5, 0.6) is 0 Å². The predicted octanol–water partition coefficient (Wildman–Crippen LogP) is 3.30. The van der Waals surface area contributed by atoms with Gasteiger partial charge in [0, 0.05) is 31.9 Å². The maximum Gasteiger partial charge on any atom is 0.295 e. The van der Waals surface area contributed by atoms with E-state index < -0.39 is 0 Å². The first-order valence-electron chi connectivity index (χ1n) is 8.11. The number of rotatable bonds is 4. The van der Waals surface area contributed by atoms with E-state index in [9.17, 15) is 0 Å². The molecule has 2 aromatic heterocycles. The summed E-state index contributed by atoms with van der Waals surface area (Å²) in [5.41, 5.74) is 2.88. The summed E-state index contributed by atoms with van der Waals surface area (Å²) in [6, 6.07) is 15.0. The predicted molar refractivity (Wildman–Crippen MR) is 90.2 cm³/mol. The van der Waals surface area contributed by atoms with E-state index >= 15 is 0 Å². The molecule has 1 N–H and O–H groups in total. The zero-order chi connectivity index (χ0) is 15.5. The molecule has 0 unspecified atom stereocenters. The number of anilines is 1. The zero-order valence-electron chi connectivity index (χ0n) is 13.0. The molecule has 0 spiro atoms. The fourth-order valence-corrected chi connectivity index (χ4v) is 3.06. The molecular formula is C18H20N4O. The monoisotopic (exact) mass is 308 g/mol. The lowest BCUT2D eigenvalue weighted by molar-refractivity contribution is 0.208. The molecule has 4 rings (SSSR count). The number of nitrogens with one attached hydrogen (secondary N) is 1. The molecule has 3 heterocycles. The molecule has 1 fully saturated rings. The number of nitrogens with zero attached hydrogens (tertiary/aromatic N) is 3. The molecule has 0 radical (unpaired) electrons. The maximum atomic E-state index is 5.75. The summed E-state index contributed by atoms with van der Waals surface area (Å²) in [4.78, 5) is 11.3. The summed E-state index contributed by atoms with van der Waals surface area (Å²) in [7, 11) is 0. The lowest BCUT2D eigenvalue weighted by atomic mass is 10.1. The Bertz CT molecular complexity index is 730. The Kier molecular flexibility index (Phi) is 3.94. The van der Waals surface area contributed by atoms with E-state index in [1.807, 2.05) is 42.6 Å². The van der Waals surface area contributed by atoms with Gasteiger partial charge in [0.15, 0.2) is 5.58 Å². The van der Waals surface area contributed by atoms with E-state index in [4.69, 9.17) is 4.42 Å². The molecule has 3 aromatic rings. The molecule has 5 nitrogen and oxygen atoms in total. The molecule has 1 aromatic carbocycles. The Hall–Kier alpha value is -2.40. The standard InChI is InChI=1S/C18H20N4O/c1-2-7-17-16(6-1)21-18(23-17)20-14-8-11-22(12-9-14)13-15-5-3-4-10-19-15/h1-7,10,14H,8-9,11-13H2,(H,20,21). The van der Waals surface area contributed by atoms with Crippen molar-refractivity contribution in [2.75, 3.05) is 18.4 Å². The second kappa shape index (κ2) is 6.38. The van der Waals surface area contributed by atoms with Gasteiger partial charge in [0.1, 0.15) is 5.52 Å². The smallest absolute Gasteiger partial charge is 0.295 e. The van der Waals surface area contributed by atoms with E-state index in [0.29, 0.717) is 12.1 Å². The van der Waals surface area contributed by atoms with Gasteiger partial charge in [-0.3, -0.25) is 9.88 Å². The number of benzene rings is 1. The molecule has 118 valence electrons. The van der Waals surface area contributed by atoms with Crippen molar-refractivity contribution in [3.63, 3.8) is 0 Å². The first kappa shape index (κ1) is 14.2. The van der Waals surface area contributed by atoms with Crippen LogP contribution in [0.2, 0.25) is 0 Å². The second-order valence-corrected chi connectivity index (χ2v) is 6.00. The molecular weight excluding hydrogens is 288 g/mol. The van der Waals surface area contributed by atoms with Crippen molar-refractivity contribution in [3.8, 4) is 0 Å². The normalized spacial score (nSPS) is 16.7. The van der Waals surface area contributed by atoms with Gasteiger partial charge in [0.25, 0.3) is 6.01 Å². The number of hydrogen-bond donors (Lipinski definition) is 1. The van der Waals surface area contributed by atoms with Crippen molar-refractivity contribution < 1.29 is 4.42 Å². The van der Waals surface area contributed by atoms with Crippen LogP contribution in [0.15, 0.2) is 53.1 Å². The molecule has 0 amide bonds. The summed E-state index contributed by atoms with van der Waals surface area (Å²) >= 11 is 0. The molecule has 1 aliphatic heterocycles. The number of likely N-dealkylation sites (tertiary alicyclic amines) is 1. The second-order valence-electron chi connectivity index (χ2n) is 6.00. The van der Waals surface area contributed by atoms with Crippen LogP contribution in [0.1, 0.15) is 18.5 Å². The van der Waals surface area contributed by atoms with E-state index in [1.165, 1.54) is 0 Å². The van der Waals surface area contributed by atoms with E-state index in [0.717, 1.165) is 49.3 Å². The summed E-state index contributed by atoms with van der Waals surface area (Å²) in [6.45, 7) is 3.05. The van der Waals surface area contributed by atoms with Crippen LogP contribution < -0.4 is 5.32 Å². The van der Waals surface area contributed by atoms with Gasteiger partial charge in [-0.25, -0.2) is 0 Å². The minimum absolute atomic E-state index is 0.419. The van der Waals surface area contributed by atoms with Crippen molar-refractivity contribution in [2.45, 2.75) is 25.4 Å². The SMILES string of the molecule is c1ccc(CN2CCC(Nc3nc4ccccc4o3)CC2)nc1. The highest BCUT2D eigenvalue weighted by atomic mass is 16.4. The van der Waals surface area contributed by atoms with Crippen LogP contribution >= 0.6 is 0 Å². The number of hydrogen-bond acceptors (Lipinski definition) is 5.